The molecule has 0 amide bonds. The first-order chi connectivity index (χ1) is 6.65. The Morgan fingerprint density at radius 3 is 2.86 bits per heavy atom. The highest BCUT2D eigenvalue weighted by Crippen LogP contribution is 2.19. The Morgan fingerprint density at radius 2 is 2.29 bits per heavy atom. The van der Waals surface area contributed by atoms with Gasteiger partial charge in [0.1, 0.15) is 4.32 Å². The lowest BCUT2D eigenvalue weighted by Crippen LogP contribution is -2.48. The lowest BCUT2D eigenvalue weighted by molar-refractivity contribution is 0.132. The van der Waals surface area contributed by atoms with E-state index in [2.05, 4.69) is 23.6 Å². The highest BCUT2D eigenvalue weighted by atomic mass is 32.2. The molecule has 0 saturated carbocycles. The molecule has 14 heavy (non-hydrogen) atoms. The second kappa shape index (κ2) is 5.90. The van der Waals surface area contributed by atoms with Gasteiger partial charge in [0.2, 0.25) is 0 Å². The van der Waals surface area contributed by atoms with Crippen LogP contribution in [0.3, 0.4) is 0 Å². The second-order valence-corrected chi connectivity index (χ2v) is 5.20. The number of thioether (sulfide) groups is 1. The summed E-state index contributed by atoms with van der Waals surface area (Å²) in [4.78, 5) is 4.60. The van der Waals surface area contributed by atoms with E-state index >= 15 is 0 Å². The molecule has 1 aliphatic rings. The van der Waals surface area contributed by atoms with Crippen LogP contribution in [0.5, 0.6) is 0 Å². The van der Waals surface area contributed by atoms with Gasteiger partial charge in [-0.15, -0.1) is 0 Å². The first-order valence-electron chi connectivity index (χ1n) is 4.80. The van der Waals surface area contributed by atoms with Gasteiger partial charge in [0.05, 0.1) is 19.2 Å². The average molecular weight is 234 g/mol. The minimum Gasteiger partial charge on any atom is -0.383 e. The number of rotatable bonds is 4. The molecule has 82 valence electrons. The quantitative estimate of drug-likeness (QED) is 0.684. The molecule has 0 aliphatic carbocycles. The molecule has 1 saturated heterocycles. The third-order valence-corrected chi connectivity index (χ3v) is 3.84. The highest BCUT2D eigenvalue weighted by Gasteiger charge is 2.22. The predicted molar refractivity (Wildman–Crippen MR) is 65.5 cm³/mol. The summed E-state index contributed by atoms with van der Waals surface area (Å²) < 4.78 is 6.06. The first kappa shape index (κ1) is 12.2. The Labute approximate surface area is 95.8 Å². The van der Waals surface area contributed by atoms with E-state index in [0.29, 0.717) is 6.04 Å². The number of ether oxygens (including phenoxy) is 1. The Morgan fingerprint density at radius 1 is 1.57 bits per heavy atom. The third-order valence-electron chi connectivity index (χ3n) is 2.26. The maximum Gasteiger partial charge on any atom is 0.138 e. The summed E-state index contributed by atoms with van der Waals surface area (Å²) >= 11 is 7.03. The fourth-order valence-corrected chi connectivity index (χ4v) is 2.52. The van der Waals surface area contributed by atoms with E-state index in [1.807, 2.05) is 0 Å². The average Bonchev–Trinajstić information content (AvgIpc) is 2.16. The van der Waals surface area contributed by atoms with Gasteiger partial charge < -0.3 is 9.64 Å². The highest BCUT2D eigenvalue weighted by molar-refractivity contribution is 8.22. The van der Waals surface area contributed by atoms with Gasteiger partial charge in [-0.05, 0) is 13.8 Å². The Hall–Kier alpha value is 0.160. The molecule has 0 atom stereocenters. The van der Waals surface area contributed by atoms with Crippen molar-refractivity contribution in [1.29, 1.82) is 0 Å². The number of thiocarbonyl (C=S) groups is 1. The van der Waals surface area contributed by atoms with E-state index in [1.54, 1.807) is 18.9 Å². The van der Waals surface area contributed by atoms with Gasteiger partial charge in [-0.3, -0.25) is 4.90 Å². The minimum absolute atomic E-state index is 0.579. The van der Waals surface area contributed by atoms with Gasteiger partial charge >= 0.3 is 0 Å². The Bertz CT molecular complexity index is 199. The molecule has 1 fully saturated rings. The molecule has 0 aromatic carbocycles. The van der Waals surface area contributed by atoms with Crippen molar-refractivity contribution >= 4 is 28.3 Å². The normalized spacial score (nSPS) is 19.4. The van der Waals surface area contributed by atoms with Crippen LogP contribution in [0.1, 0.15) is 13.8 Å². The minimum atomic E-state index is 0.579. The van der Waals surface area contributed by atoms with Crippen molar-refractivity contribution < 1.29 is 4.74 Å². The van der Waals surface area contributed by atoms with Crippen LogP contribution in [0.4, 0.5) is 0 Å². The number of methoxy groups -OCH3 is 1. The molecule has 0 aromatic rings. The lowest BCUT2D eigenvalue weighted by atomic mass is 10.3. The molecule has 0 aromatic heterocycles. The fourth-order valence-electron chi connectivity index (χ4n) is 1.22. The van der Waals surface area contributed by atoms with E-state index in [9.17, 15) is 0 Å². The van der Waals surface area contributed by atoms with Crippen LogP contribution in [0.2, 0.25) is 0 Å². The Balaban J connectivity index is 2.42. The number of hydrogen-bond donors (Lipinski definition) is 0. The van der Waals surface area contributed by atoms with Crippen molar-refractivity contribution in [3.8, 4) is 0 Å². The SMILES string of the molecule is COCCN1CN(C(C)C)CSC1=S. The zero-order valence-corrected chi connectivity index (χ0v) is 10.7. The summed E-state index contributed by atoms with van der Waals surface area (Å²) in [5.41, 5.74) is 0. The number of nitrogens with zero attached hydrogens (tertiary/aromatic N) is 2. The second-order valence-electron chi connectivity index (χ2n) is 3.62. The van der Waals surface area contributed by atoms with Crippen molar-refractivity contribution in [2.75, 3.05) is 32.8 Å². The van der Waals surface area contributed by atoms with Gasteiger partial charge in [-0.2, -0.15) is 0 Å². The van der Waals surface area contributed by atoms with Crippen LogP contribution in [0, 0.1) is 0 Å². The zero-order valence-electron chi connectivity index (χ0n) is 9.02. The molecule has 1 heterocycles. The van der Waals surface area contributed by atoms with Gasteiger partial charge in [0, 0.05) is 19.7 Å². The van der Waals surface area contributed by atoms with Crippen molar-refractivity contribution in [2.45, 2.75) is 19.9 Å². The molecule has 0 spiro atoms. The summed E-state index contributed by atoms with van der Waals surface area (Å²) in [5.74, 6) is 1.01. The molecule has 1 aliphatic heterocycles. The van der Waals surface area contributed by atoms with Crippen LogP contribution in [-0.4, -0.2) is 53.0 Å². The lowest BCUT2D eigenvalue weighted by Gasteiger charge is -2.38. The molecule has 0 N–H and O–H groups in total. The van der Waals surface area contributed by atoms with Gasteiger partial charge in [0.15, 0.2) is 0 Å². The van der Waals surface area contributed by atoms with Gasteiger partial charge in [0.25, 0.3) is 0 Å². The largest absolute Gasteiger partial charge is 0.383 e. The van der Waals surface area contributed by atoms with E-state index in [0.717, 1.165) is 30.0 Å². The molecule has 3 nitrogen and oxygen atoms in total. The summed E-state index contributed by atoms with van der Waals surface area (Å²) in [7, 11) is 1.72. The molecular weight excluding hydrogens is 216 g/mol. The van der Waals surface area contributed by atoms with Crippen LogP contribution in [0.15, 0.2) is 0 Å². The van der Waals surface area contributed by atoms with Crippen LogP contribution >= 0.6 is 24.0 Å². The Kier molecular flexibility index (Phi) is 5.15. The standard InChI is InChI=1S/C9H18N2OS2/c1-8(2)11-6-10(4-5-12-3)9(13)14-7-11/h8H,4-7H2,1-3H3. The summed E-state index contributed by atoms with van der Waals surface area (Å²) in [6, 6.07) is 0.579. The maximum atomic E-state index is 5.29. The van der Waals surface area contributed by atoms with Crippen molar-refractivity contribution in [3.63, 3.8) is 0 Å². The van der Waals surface area contributed by atoms with Crippen molar-refractivity contribution in [3.05, 3.63) is 0 Å². The molecule has 0 radical (unpaired) electrons. The molecule has 5 heteroatoms. The summed E-state index contributed by atoms with van der Waals surface area (Å²) in [6.45, 7) is 7.00. The fraction of sp³-hybridized carbons (Fsp3) is 0.889. The van der Waals surface area contributed by atoms with Crippen LogP contribution in [-0.2, 0) is 4.74 Å². The van der Waals surface area contributed by atoms with E-state index in [1.165, 1.54) is 0 Å². The van der Waals surface area contributed by atoms with Crippen molar-refractivity contribution in [1.82, 2.24) is 9.80 Å². The number of hydrogen-bond acceptors (Lipinski definition) is 4. The summed E-state index contributed by atoms with van der Waals surface area (Å²) in [5, 5.41) is 0. The van der Waals surface area contributed by atoms with Crippen molar-refractivity contribution in [2.24, 2.45) is 0 Å². The smallest absolute Gasteiger partial charge is 0.138 e. The van der Waals surface area contributed by atoms with Crippen LogP contribution < -0.4 is 0 Å². The topological polar surface area (TPSA) is 15.7 Å². The molecule has 0 bridgehead atoms. The molecule has 0 unspecified atom stereocenters. The molecule has 1 rings (SSSR count). The van der Waals surface area contributed by atoms with Gasteiger partial charge in [-0.25, -0.2) is 0 Å². The van der Waals surface area contributed by atoms with Crippen LogP contribution in [0.25, 0.3) is 0 Å². The van der Waals surface area contributed by atoms with E-state index in [4.69, 9.17) is 17.0 Å². The maximum absolute atomic E-state index is 5.29. The predicted octanol–water partition coefficient (Wildman–Crippen LogP) is 1.59. The van der Waals surface area contributed by atoms with Gasteiger partial charge in [-0.1, -0.05) is 24.0 Å². The monoisotopic (exact) mass is 234 g/mol. The van der Waals surface area contributed by atoms with E-state index < -0.39 is 0 Å². The van der Waals surface area contributed by atoms with E-state index in [-0.39, 0.29) is 0 Å². The zero-order chi connectivity index (χ0) is 10.6. The molecular formula is C9H18N2OS2. The first-order valence-corrected chi connectivity index (χ1v) is 6.19. The summed E-state index contributed by atoms with van der Waals surface area (Å²) in [6.07, 6.45) is 0. The third kappa shape index (κ3) is 3.38.